The van der Waals surface area contributed by atoms with E-state index in [1.54, 1.807) is 52.2 Å². The maximum Gasteiger partial charge on any atom is 0.304 e. The molecule has 0 unspecified atom stereocenters. The molecule has 4 N–H and O–H groups in total. The molecule has 0 aliphatic rings. The van der Waals surface area contributed by atoms with Gasteiger partial charge in [0.15, 0.2) is 0 Å². The van der Waals surface area contributed by atoms with Gasteiger partial charge in [0, 0.05) is 81.0 Å². The fraction of sp³-hybridized carbons (Fsp3) is 0.429. The molecule has 4 aromatic rings. The molecule has 67 heavy (non-hydrogen) atoms. The lowest BCUT2D eigenvalue weighted by molar-refractivity contribution is -0.144. The molecule has 0 aliphatic heterocycles. The number of amides is 4. The van der Waals surface area contributed by atoms with Gasteiger partial charge in [0.25, 0.3) is 0 Å². The van der Waals surface area contributed by atoms with Crippen LogP contribution in [-0.4, -0.2) is 132 Å². The highest BCUT2D eigenvalue weighted by Gasteiger charge is 2.32. The topological polar surface area (TPSA) is 188 Å². The van der Waals surface area contributed by atoms with Crippen molar-refractivity contribution in [3.05, 3.63) is 113 Å². The number of aliphatic carboxylic acids is 1. The molecule has 4 rings (SSSR count). The van der Waals surface area contributed by atoms with Crippen LogP contribution in [0.4, 0.5) is 0 Å². The van der Waals surface area contributed by atoms with E-state index in [-0.39, 0.29) is 57.2 Å². The number of hydrogen-bond donors (Lipinski definition) is 4. The van der Waals surface area contributed by atoms with Crippen LogP contribution in [0.15, 0.2) is 85.6 Å². The summed E-state index contributed by atoms with van der Waals surface area (Å²) >= 11 is 12.6. The molecule has 3 aromatic carbocycles. The second-order valence-corrected chi connectivity index (χ2v) is 17.8. The van der Waals surface area contributed by atoms with Crippen molar-refractivity contribution in [2.24, 2.45) is 13.0 Å². The summed E-state index contributed by atoms with van der Waals surface area (Å²) in [5.74, 6) is -1.53. The van der Waals surface area contributed by atoms with Crippen LogP contribution in [0.1, 0.15) is 50.1 Å². The van der Waals surface area contributed by atoms with E-state index >= 15 is 0 Å². The molecule has 0 saturated carbocycles. The Labute approximate surface area is 403 Å². The van der Waals surface area contributed by atoms with E-state index < -0.39 is 47.9 Å². The summed E-state index contributed by atoms with van der Waals surface area (Å²) in [6.45, 7) is 7.94. The van der Waals surface area contributed by atoms with Crippen molar-refractivity contribution in [2.75, 3.05) is 48.5 Å². The first-order valence-corrected chi connectivity index (χ1v) is 22.7. The average molecular weight is 964 g/mol. The van der Waals surface area contributed by atoms with Crippen LogP contribution < -0.4 is 20.7 Å². The van der Waals surface area contributed by atoms with Crippen LogP contribution >= 0.6 is 23.2 Å². The fourth-order valence-corrected chi connectivity index (χ4v) is 7.56. The van der Waals surface area contributed by atoms with Crippen LogP contribution in [0.2, 0.25) is 10.0 Å². The molecule has 18 heteroatoms. The molecule has 0 radical (unpaired) electrons. The summed E-state index contributed by atoms with van der Waals surface area (Å²) in [5, 5.41) is 19.2. The number of halogens is 2. The zero-order chi connectivity index (χ0) is 49.4. The maximum absolute atomic E-state index is 14.2. The van der Waals surface area contributed by atoms with Crippen molar-refractivity contribution >= 4 is 52.8 Å². The molecule has 1 heterocycles. The van der Waals surface area contributed by atoms with Gasteiger partial charge in [0.2, 0.25) is 23.6 Å². The number of hydrogen-bond acceptors (Lipinski definition) is 10. The standard InChI is InChI=1S/C49H64Cl2N8O8/c1-10-11-35(23-46(61)62)48(64)57(6)31(2)26-54-45(60)25-39(22-33-12-17-37(50)18-13-33)58(7)49(65)41(30-66-9)55-47(63)32(3)52-27-36-14-19-38(51)24-43(36)67-40-20-15-34(16-21-40)42-28-53-44(59(42)8)29-56(4)5/h10,12-21,24,28,31-32,35,39,41,52H,1,11,22-23,25-27,29-30H2,2-9H3,(H,54,60)(H,55,63)(H,61,62)/t31-,32-,35+,39-,41-/m0/s1. The summed E-state index contributed by atoms with van der Waals surface area (Å²) in [5.41, 5.74) is 3.51. The van der Waals surface area contributed by atoms with E-state index in [2.05, 4.69) is 37.0 Å². The highest BCUT2D eigenvalue weighted by atomic mass is 35.5. The van der Waals surface area contributed by atoms with Crippen molar-refractivity contribution in [1.82, 2.24) is 40.2 Å². The van der Waals surface area contributed by atoms with Gasteiger partial charge in [-0.3, -0.25) is 24.0 Å². The Hall–Kier alpha value is -5.78. The third-order valence-corrected chi connectivity index (χ3v) is 11.9. The van der Waals surface area contributed by atoms with E-state index in [1.165, 1.54) is 23.0 Å². The number of nitrogens with one attached hydrogen (secondary N) is 3. The Kier molecular flexibility index (Phi) is 20.8. The second-order valence-electron chi connectivity index (χ2n) is 16.9. The Morgan fingerprint density at radius 3 is 2.21 bits per heavy atom. The van der Waals surface area contributed by atoms with E-state index in [0.717, 1.165) is 28.2 Å². The molecule has 0 aliphatic carbocycles. The SMILES string of the molecule is C=CC[C@H](CC(=O)O)C(=O)N(C)[C@@H](C)CNC(=O)C[C@H](Cc1ccc(Cl)cc1)N(C)C(=O)[C@H](COC)NC(=O)[C@H](C)NCc1ccc(Cl)cc1Oc1ccc(-c2cnc(CN(C)C)n2C)cc1. The lowest BCUT2D eigenvalue weighted by Gasteiger charge is -2.32. The van der Waals surface area contributed by atoms with Gasteiger partial charge in [-0.25, -0.2) is 4.98 Å². The van der Waals surface area contributed by atoms with E-state index in [0.29, 0.717) is 28.1 Å². The number of likely N-dealkylation sites (N-methyl/N-ethyl adjacent to an activating group) is 2. The Bertz CT molecular complexity index is 2310. The Morgan fingerprint density at radius 1 is 0.910 bits per heavy atom. The molecular formula is C49H64Cl2N8O8. The van der Waals surface area contributed by atoms with Gasteiger partial charge in [0.05, 0.1) is 43.4 Å². The first-order chi connectivity index (χ1) is 31.8. The van der Waals surface area contributed by atoms with Gasteiger partial charge < -0.3 is 49.8 Å². The summed E-state index contributed by atoms with van der Waals surface area (Å²) < 4.78 is 13.8. The number of imidazole rings is 1. The van der Waals surface area contributed by atoms with Crippen LogP contribution in [0.25, 0.3) is 11.3 Å². The van der Waals surface area contributed by atoms with Crippen molar-refractivity contribution in [3.8, 4) is 22.8 Å². The van der Waals surface area contributed by atoms with Gasteiger partial charge >= 0.3 is 5.97 Å². The number of aromatic nitrogens is 2. The van der Waals surface area contributed by atoms with Crippen molar-refractivity contribution < 1.29 is 38.6 Å². The van der Waals surface area contributed by atoms with Gasteiger partial charge in [-0.1, -0.05) is 47.5 Å². The Morgan fingerprint density at radius 2 is 1.58 bits per heavy atom. The predicted octanol–water partition coefficient (Wildman–Crippen LogP) is 5.95. The number of rotatable bonds is 26. The predicted molar refractivity (Wildman–Crippen MR) is 260 cm³/mol. The monoisotopic (exact) mass is 962 g/mol. The molecule has 362 valence electrons. The van der Waals surface area contributed by atoms with E-state index in [9.17, 15) is 29.1 Å². The largest absolute Gasteiger partial charge is 0.481 e. The molecule has 0 spiro atoms. The zero-order valence-electron chi connectivity index (χ0n) is 39.6. The van der Waals surface area contributed by atoms with Crippen LogP contribution in [0, 0.1) is 5.92 Å². The lowest BCUT2D eigenvalue weighted by atomic mass is 9.99. The molecule has 1 aromatic heterocycles. The van der Waals surface area contributed by atoms with Gasteiger partial charge in [-0.2, -0.15) is 0 Å². The first-order valence-electron chi connectivity index (χ1n) is 21.9. The molecule has 0 saturated heterocycles. The number of carboxylic acids is 1. The van der Waals surface area contributed by atoms with Gasteiger partial charge in [-0.15, -0.1) is 6.58 Å². The third kappa shape index (κ3) is 16.2. The van der Waals surface area contributed by atoms with Crippen molar-refractivity contribution in [3.63, 3.8) is 0 Å². The number of carbonyl (C=O) groups is 5. The average Bonchev–Trinajstić information content (AvgIpc) is 3.65. The summed E-state index contributed by atoms with van der Waals surface area (Å²) in [4.78, 5) is 75.4. The first kappa shape index (κ1) is 53.8. The van der Waals surface area contributed by atoms with Crippen molar-refractivity contribution in [1.29, 1.82) is 0 Å². The maximum atomic E-state index is 14.2. The second kappa shape index (κ2) is 25.9. The van der Waals surface area contributed by atoms with Crippen LogP contribution in [-0.2, 0) is 55.3 Å². The van der Waals surface area contributed by atoms with Crippen LogP contribution in [0.5, 0.6) is 11.5 Å². The number of carbonyl (C=O) groups excluding carboxylic acids is 4. The smallest absolute Gasteiger partial charge is 0.304 e. The molecule has 0 bridgehead atoms. The minimum atomic E-state index is -1.10. The van der Waals surface area contributed by atoms with E-state index in [4.69, 9.17) is 32.7 Å². The number of methoxy groups -OCH3 is 1. The molecule has 4 amide bonds. The highest BCUT2D eigenvalue weighted by Crippen LogP contribution is 2.31. The molecule has 0 fully saturated rings. The number of allylic oxidation sites excluding steroid dienone is 1. The third-order valence-electron chi connectivity index (χ3n) is 11.4. The Balaban J connectivity index is 1.41. The van der Waals surface area contributed by atoms with Crippen LogP contribution in [0.3, 0.4) is 0 Å². The highest BCUT2D eigenvalue weighted by molar-refractivity contribution is 6.31. The fourth-order valence-electron chi connectivity index (χ4n) is 7.27. The number of nitrogens with zero attached hydrogens (tertiary/aromatic N) is 5. The molecular weight excluding hydrogens is 899 g/mol. The summed E-state index contributed by atoms with van der Waals surface area (Å²) in [6, 6.07) is 17.0. The zero-order valence-corrected chi connectivity index (χ0v) is 41.1. The number of ether oxygens (including phenoxy) is 2. The number of benzene rings is 3. The normalized spacial score (nSPS) is 13.5. The summed E-state index contributed by atoms with van der Waals surface area (Å²) in [7, 11) is 10.5. The quantitative estimate of drug-likeness (QED) is 0.0546. The van der Waals surface area contributed by atoms with Crippen molar-refractivity contribution in [2.45, 2.75) is 76.8 Å². The lowest BCUT2D eigenvalue weighted by Crippen LogP contribution is -2.56. The van der Waals surface area contributed by atoms with Gasteiger partial charge in [-0.05, 0) is 94.9 Å². The minimum absolute atomic E-state index is 0.0787. The minimum Gasteiger partial charge on any atom is -0.481 e. The molecule has 16 nitrogen and oxygen atoms in total. The van der Waals surface area contributed by atoms with E-state index in [1.807, 2.05) is 69.8 Å². The molecule has 5 atom stereocenters. The number of carboxylic acid groups (broad SMARTS) is 1. The van der Waals surface area contributed by atoms with Gasteiger partial charge in [0.1, 0.15) is 23.4 Å². The summed E-state index contributed by atoms with van der Waals surface area (Å²) in [6.07, 6.45) is 3.38.